The normalized spacial score (nSPS) is 27.9. The van der Waals surface area contributed by atoms with Crippen LogP contribution in [0, 0.1) is 28.6 Å². The van der Waals surface area contributed by atoms with Crippen LogP contribution in [0.1, 0.15) is 85.5 Å². The SMILES string of the molecule is CCC(=O)O[C@]1(C(=O)COCNC(=O)[C@H](CCC(=O)O)NC(=O)CNC(=O)CCOCCOCCOCCOCCNC(=O)CCN2C(=O)C=CC2=O)[C@@H](C)CC2[C@@H]3CCC4=CC(=O)C=C[C@]4(C)[C@@]3(Cl)[C@@H](O)C[C@@]21C. The van der Waals surface area contributed by atoms with E-state index in [0.717, 1.165) is 22.6 Å². The zero-order chi connectivity index (χ0) is 55.0. The topological polar surface area (TPSA) is 318 Å². The molecule has 3 fully saturated rings. The van der Waals surface area contributed by atoms with Gasteiger partial charge in [-0.05, 0) is 56.1 Å². The molecule has 416 valence electrons. The van der Waals surface area contributed by atoms with Crippen molar-refractivity contribution in [1.29, 1.82) is 0 Å². The van der Waals surface area contributed by atoms with Crippen molar-refractivity contribution in [1.82, 2.24) is 26.2 Å². The lowest BCUT2D eigenvalue weighted by molar-refractivity contribution is -0.203. The summed E-state index contributed by atoms with van der Waals surface area (Å²) in [7, 11) is 0. The van der Waals surface area contributed by atoms with Crippen LogP contribution in [0.25, 0.3) is 0 Å². The molecule has 4 aliphatic carbocycles. The average molecular weight is 1080 g/mol. The van der Waals surface area contributed by atoms with E-state index in [1.807, 2.05) is 20.8 Å². The zero-order valence-electron chi connectivity index (χ0n) is 43.1. The lowest BCUT2D eigenvalue weighted by atomic mass is 9.45. The highest BCUT2D eigenvalue weighted by Crippen LogP contribution is 2.72. The highest BCUT2D eigenvalue weighted by atomic mass is 35.5. The maximum absolute atomic E-state index is 14.6. The van der Waals surface area contributed by atoms with Gasteiger partial charge in [0, 0.05) is 67.7 Å². The number of fused-ring (bicyclic) bond motifs is 5. The molecule has 75 heavy (non-hydrogen) atoms. The Hall–Kier alpha value is -5.43. The Balaban J connectivity index is 0.967. The first kappa shape index (κ1) is 60.4. The van der Waals surface area contributed by atoms with Crippen LogP contribution in [0.4, 0.5) is 0 Å². The fraction of sp³-hybridized carbons (Fsp3) is 0.686. The maximum atomic E-state index is 14.6. The quantitative estimate of drug-likeness (QED) is 0.0176. The second kappa shape index (κ2) is 27.6. The number of imide groups is 1. The molecular weight excluding hydrogens is 1010 g/mol. The van der Waals surface area contributed by atoms with Crippen LogP contribution in [0.5, 0.6) is 0 Å². The van der Waals surface area contributed by atoms with Gasteiger partial charge in [-0.1, -0.05) is 39.3 Å². The van der Waals surface area contributed by atoms with Crippen molar-refractivity contribution in [3.8, 4) is 0 Å². The molecule has 0 aromatic rings. The van der Waals surface area contributed by atoms with Crippen LogP contribution in [-0.4, -0.2) is 183 Å². The van der Waals surface area contributed by atoms with E-state index in [2.05, 4.69) is 21.3 Å². The Morgan fingerprint density at radius 1 is 0.800 bits per heavy atom. The van der Waals surface area contributed by atoms with Crippen molar-refractivity contribution in [2.75, 3.05) is 85.8 Å². The summed E-state index contributed by atoms with van der Waals surface area (Å²) in [6, 6.07) is -1.35. The van der Waals surface area contributed by atoms with Crippen LogP contribution >= 0.6 is 11.6 Å². The number of nitrogens with one attached hydrogen (secondary N) is 4. The van der Waals surface area contributed by atoms with Crippen LogP contribution in [-0.2, 0) is 76.4 Å². The third kappa shape index (κ3) is 14.5. The summed E-state index contributed by atoms with van der Waals surface area (Å²) < 4.78 is 33.5. The summed E-state index contributed by atoms with van der Waals surface area (Å²) in [5.74, 6) is -7.03. The molecule has 0 spiro atoms. The maximum Gasteiger partial charge on any atom is 0.306 e. The van der Waals surface area contributed by atoms with Gasteiger partial charge in [0.2, 0.25) is 29.4 Å². The third-order valence-electron chi connectivity index (χ3n) is 15.1. The van der Waals surface area contributed by atoms with Crippen molar-refractivity contribution in [2.24, 2.45) is 28.6 Å². The van der Waals surface area contributed by atoms with E-state index in [0.29, 0.717) is 25.9 Å². The van der Waals surface area contributed by atoms with Crippen LogP contribution in [0.15, 0.2) is 36.0 Å². The summed E-state index contributed by atoms with van der Waals surface area (Å²) in [5, 5.41) is 31.3. The fourth-order valence-corrected chi connectivity index (χ4v) is 11.9. The summed E-state index contributed by atoms with van der Waals surface area (Å²) >= 11 is 7.60. The molecule has 6 N–H and O–H groups in total. The number of aliphatic hydroxyl groups is 1. The lowest BCUT2D eigenvalue weighted by Crippen LogP contribution is -2.69. The van der Waals surface area contributed by atoms with E-state index < -0.39 is 113 Å². The fourth-order valence-electron chi connectivity index (χ4n) is 11.3. The molecule has 1 heterocycles. The number of alkyl halides is 1. The van der Waals surface area contributed by atoms with E-state index in [-0.39, 0.29) is 115 Å². The molecule has 0 radical (unpaired) electrons. The molecule has 6 amide bonds. The van der Waals surface area contributed by atoms with Crippen molar-refractivity contribution in [2.45, 2.75) is 108 Å². The largest absolute Gasteiger partial charge is 0.481 e. The Morgan fingerprint density at radius 2 is 1.43 bits per heavy atom. The third-order valence-corrected chi connectivity index (χ3v) is 16.0. The molecule has 5 aliphatic rings. The molecule has 0 bridgehead atoms. The number of esters is 1. The van der Waals surface area contributed by atoms with E-state index >= 15 is 0 Å². The molecule has 23 nitrogen and oxygen atoms in total. The van der Waals surface area contributed by atoms with Gasteiger partial charge >= 0.3 is 11.9 Å². The number of carboxylic acids is 1. The second-order valence-corrected chi connectivity index (χ2v) is 20.3. The van der Waals surface area contributed by atoms with Gasteiger partial charge in [-0.25, -0.2) is 0 Å². The Morgan fingerprint density at radius 3 is 2.07 bits per heavy atom. The number of halogens is 1. The standard InChI is InChI=1S/C51H72ClN5O18/c1-5-46(68)75-51(32(2)26-36-35-7-6-33-27-34(58)12-15-48(33,3)50(35,52)38(59)28-49(36,51)4)39(60)30-74-31-55-47(69)37(8-11-45(66)67)56-42(63)29-54-41(62)14-18-70-20-22-72-24-25-73-23-21-71-19-16-53-40(61)13-17-57-43(64)9-10-44(57)65/h9-10,12,15,27,32,35-38,59H,5-8,11,13-14,16-26,28-31H2,1-4H3,(H,53,61)(H,54,62)(H,55,69)(H,56,63)(H,66,67)/t32-,35-,36?,37-,38-,48-,49-,50-,51-/m0/s1. The Bertz CT molecular complexity index is 2220. The summed E-state index contributed by atoms with van der Waals surface area (Å²) in [4.78, 5) is 125. The first-order chi connectivity index (χ1) is 35.6. The molecular formula is C51H72ClN5O18. The first-order valence-electron chi connectivity index (χ1n) is 25.4. The number of carbonyl (C=O) groups excluding carboxylic acids is 9. The van der Waals surface area contributed by atoms with Crippen molar-refractivity contribution >= 4 is 70.5 Å². The summed E-state index contributed by atoms with van der Waals surface area (Å²) in [6.07, 6.45) is 6.60. The second-order valence-electron chi connectivity index (χ2n) is 19.7. The molecule has 1 aliphatic heterocycles. The van der Waals surface area contributed by atoms with Gasteiger partial charge in [-0.3, -0.25) is 52.8 Å². The molecule has 0 saturated heterocycles. The highest BCUT2D eigenvalue weighted by Gasteiger charge is 2.76. The van der Waals surface area contributed by atoms with Crippen LogP contribution in [0.3, 0.4) is 0 Å². The molecule has 0 aromatic heterocycles. The molecule has 3 saturated carbocycles. The van der Waals surface area contributed by atoms with Crippen molar-refractivity contribution in [3.63, 3.8) is 0 Å². The number of allylic oxidation sites excluding steroid dienone is 4. The zero-order valence-corrected chi connectivity index (χ0v) is 43.8. The number of rotatable bonds is 32. The number of aliphatic carboxylic acids is 1. The van der Waals surface area contributed by atoms with Gasteiger partial charge in [-0.15, -0.1) is 11.6 Å². The minimum Gasteiger partial charge on any atom is -0.481 e. The average Bonchev–Trinajstić information content (AvgIpc) is 3.80. The minimum absolute atomic E-state index is 0.00489. The number of carbonyl (C=O) groups is 10. The lowest BCUT2D eigenvalue weighted by Gasteiger charge is -2.64. The van der Waals surface area contributed by atoms with E-state index in [4.69, 9.17) is 40.0 Å². The van der Waals surface area contributed by atoms with Gasteiger partial charge in [0.05, 0.1) is 70.4 Å². The summed E-state index contributed by atoms with van der Waals surface area (Å²) in [5.41, 5.74) is -2.83. The van der Waals surface area contributed by atoms with Gasteiger partial charge in [0.1, 0.15) is 19.4 Å². The number of nitrogens with zero attached hydrogens (tertiary/aromatic N) is 1. The van der Waals surface area contributed by atoms with Gasteiger partial charge in [0.15, 0.2) is 11.4 Å². The van der Waals surface area contributed by atoms with E-state index in [1.54, 1.807) is 19.1 Å². The Labute approximate surface area is 440 Å². The molecule has 9 atom stereocenters. The number of Topliss-reactive ketones (excluding diaryl/α,β-unsaturated/α-hetero) is 1. The summed E-state index contributed by atoms with van der Waals surface area (Å²) in [6.45, 7) is 7.57. The molecule has 1 unspecified atom stereocenters. The van der Waals surface area contributed by atoms with Gasteiger partial charge < -0.3 is 59.9 Å². The van der Waals surface area contributed by atoms with E-state index in [9.17, 15) is 58.2 Å². The van der Waals surface area contributed by atoms with Crippen molar-refractivity contribution in [3.05, 3.63) is 36.0 Å². The van der Waals surface area contributed by atoms with Crippen LogP contribution in [0.2, 0.25) is 0 Å². The van der Waals surface area contributed by atoms with Gasteiger partial charge in [0.25, 0.3) is 11.8 Å². The smallest absolute Gasteiger partial charge is 0.306 e. The molecule has 5 rings (SSSR count). The number of hydrogen-bond acceptors (Lipinski definition) is 17. The molecule has 24 heteroatoms. The van der Waals surface area contributed by atoms with Crippen molar-refractivity contribution < 1.29 is 86.6 Å². The first-order valence-corrected chi connectivity index (χ1v) is 25.8. The number of ketones is 2. The predicted molar refractivity (Wildman–Crippen MR) is 264 cm³/mol. The van der Waals surface area contributed by atoms with Gasteiger partial charge in [-0.2, -0.15) is 0 Å². The predicted octanol–water partition coefficient (Wildman–Crippen LogP) is 0.578. The van der Waals surface area contributed by atoms with E-state index in [1.165, 1.54) is 6.08 Å². The Kier molecular flexibility index (Phi) is 22.2. The minimum atomic E-state index is -1.74. The number of aliphatic hydroxyl groups excluding tert-OH is 1. The van der Waals surface area contributed by atoms with Crippen LogP contribution < -0.4 is 21.3 Å². The number of amides is 6. The monoisotopic (exact) mass is 1080 g/mol. The number of hydrogen-bond donors (Lipinski definition) is 6. The number of ether oxygens (including phenoxy) is 6. The number of carboxylic acid groups (broad SMARTS) is 1. The molecule has 0 aromatic carbocycles. The highest BCUT2D eigenvalue weighted by molar-refractivity contribution is 6.26.